The summed E-state index contributed by atoms with van der Waals surface area (Å²) in [6.45, 7) is 3.76. The zero-order chi connectivity index (χ0) is 15.4. The molecule has 1 aliphatic heterocycles. The number of alkyl halides is 1. The molecule has 1 saturated heterocycles. The van der Waals surface area contributed by atoms with E-state index >= 15 is 0 Å². The summed E-state index contributed by atoms with van der Waals surface area (Å²) in [5.41, 5.74) is 0. The van der Waals surface area contributed by atoms with Crippen molar-refractivity contribution in [2.45, 2.75) is 64.5 Å². The van der Waals surface area contributed by atoms with Crippen molar-refractivity contribution in [1.29, 1.82) is 0 Å². The molecule has 120 valence electrons. The lowest BCUT2D eigenvalue weighted by Crippen LogP contribution is -2.66. The molecule has 2 aliphatic rings. The van der Waals surface area contributed by atoms with Crippen LogP contribution in [0.1, 0.15) is 52.4 Å². The highest BCUT2D eigenvalue weighted by Gasteiger charge is 2.44. The smallest absolute Gasteiger partial charge is 0.246 e. The molecule has 2 amide bonds. The van der Waals surface area contributed by atoms with Gasteiger partial charge in [-0.05, 0) is 31.1 Å². The molecule has 2 rings (SSSR count). The van der Waals surface area contributed by atoms with Crippen LogP contribution in [0.25, 0.3) is 0 Å². The molecular formula is C16H27FN2O2. The molecule has 1 saturated carbocycles. The molecule has 0 aromatic heterocycles. The van der Waals surface area contributed by atoms with Gasteiger partial charge in [0, 0.05) is 6.54 Å². The van der Waals surface area contributed by atoms with Gasteiger partial charge in [-0.1, -0.05) is 33.1 Å². The Hall–Kier alpha value is -1.13. The first-order valence-corrected chi connectivity index (χ1v) is 8.23. The number of nitrogens with one attached hydrogen (secondary N) is 1. The van der Waals surface area contributed by atoms with Crippen LogP contribution in [-0.2, 0) is 9.59 Å². The number of piperazine rings is 1. The second-order valence-corrected chi connectivity index (χ2v) is 6.65. The third-order valence-electron chi connectivity index (χ3n) is 4.75. The van der Waals surface area contributed by atoms with Gasteiger partial charge in [-0.2, -0.15) is 0 Å². The van der Waals surface area contributed by atoms with Gasteiger partial charge < -0.3 is 10.2 Å². The Kier molecular flexibility index (Phi) is 5.59. The number of amides is 2. The molecule has 2 atom stereocenters. The van der Waals surface area contributed by atoms with Crippen molar-refractivity contribution in [3.63, 3.8) is 0 Å². The summed E-state index contributed by atoms with van der Waals surface area (Å²) >= 11 is 0. The maximum absolute atomic E-state index is 12.7. The number of hydrogen-bond acceptors (Lipinski definition) is 2. The van der Waals surface area contributed by atoms with Gasteiger partial charge >= 0.3 is 0 Å². The summed E-state index contributed by atoms with van der Waals surface area (Å²) < 4.78 is 12.6. The third-order valence-corrected chi connectivity index (χ3v) is 4.75. The van der Waals surface area contributed by atoms with Crippen molar-refractivity contribution >= 4 is 11.8 Å². The van der Waals surface area contributed by atoms with E-state index in [2.05, 4.69) is 5.32 Å². The van der Waals surface area contributed by atoms with Crippen LogP contribution >= 0.6 is 0 Å². The predicted molar refractivity (Wildman–Crippen MR) is 79.4 cm³/mol. The average Bonchev–Trinajstić information content (AvgIpc) is 2.48. The Labute approximate surface area is 126 Å². The molecule has 2 unspecified atom stereocenters. The summed E-state index contributed by atoms with van der Waals surface area (Å²) in [4.78, 5) is 26.9. The molecule has 0 aromatic carbocycles. The monoisotopic (exact) mass is 298 g/mol. The molecule has 0 spiro atoms. The molecule has 5 heteroatoms. The maximum atomic E-state index is 12.7. The number of hydrogen-bond donors (Lipinski definition) is 1. The first-order chi connectivity index (χ1) is 10.1. The van der Waals surface area contributed by atoms with Crippen molar-refractivity contribution in [1.82, 2.24) is 10.2 Å². The van der Waals surface area contributed by atoms with Crippen molar-refractivity contribution in [3.05, 3.63) is 0 Å². The SMILES string of the molecule is CC(C)C1NC(=O)C(C2CCCCC2)N(CCCF)C1=O. The van der Waals surface area contributed by atoms with Gasteiger partial charge in [-0.3, -0.25) is 14.0 Å². The van der Waals surface area contributed by atoms with Gasteiger partial charge in [-0.25, -0.2) is 0 Å². The minimum atomic E-state index is -0.461. The van der Waals surface area contributed by atoms with E-state index in [4.69, 9.17) is 0 Å². The van der Waals surface area contributed by atoms with Gasteiger partial charge in [0.2, 0.25) is 11.8 Å². The van der Waals surface area contributed by atoms with E-state index in [0.717, 1.165) is 25.7 Å². The van der Waals surface area contributed by atoms with Crippen LogP contribution in [0.2, 0.25) is 0 Å². The summed E-state index contributed by atoms with van der Waals surface area (Å²) in [5, 5.41) is 2.90. The van der Waals surface area contributed by atoms with E-state index in [0.29, 0.717) is 13.0 Å². The zero-order valence-corrected chi connectivity index (χ0v) is 13.1. The van der Waals surface area contributed by atoms with Gasteiger partial charge in [0.25, 0.3) is 0 Å². The van der Waals surface area contributed by atoms with E-state index in [9.17, 15) is 14.0 Å². The minimum absolute atomic E-state index is 0.0337. The Morgan fingerprint density at radius 2 is 1.90 bits per heavy atom. The molecule has 1 heterocycles. The number of carbonyl (C=O) groups excluding carboxylic acids is 2. The Bertz CT molecular complexity index is 380. The lowest BCUT2D eigenvalue weighted by Gasteiger charge is -2.44. The van der Waals surface area contributed by atoms with E-state index in [1.807, 2.05) is 13.8 Å². The van der Waals surface area contributed by atoms with Crippen molar-refractivity contribution in [3.8, 4) is 0 Å². The van der Waals surface area contributed by atoms with Gasteiger partial charge in [0.15, 0.2) is 0 Å². The Balaban J connectivity index is 2.18. The number of nitrogens with zero attached hydrogens (tertiary/aromatic N) is 1. The normalized spacial score (nSPS) is 28.1. The molecule has 1 aliphatic carbocycles. The van der Waals surface area contributed by atoms with Crippen LogP contribution in [0.4, 0.5) is 4.39 Å². The summed E-state index contributed by atoms with van der Waals surface area (Å²) in [6.07, 6.45) is 5.74. The lowest BCUT2D eigenvalue weighted by atomic mass is 9.81. The molecule has 1 N–H and O–H groups in total. The predicted octanol–water partition coefficient (Wildman–Crippen LogP) is 2.28. The van der Waals surface area contributed by atoms with Crippen molar-refractivity contribution < 1.29 is 14.0 Å². The lowest BCUT2D eigenvalue weighted by molar-refractivity contribution is -0.153. The van der Waals surface area contributed by atoms with Crippen molar-refractivity contribution in [2.24, 2.45) is 11.8 Å². The van der Waals surface area contributed by atoms with Crippen LogP contribution in [0.15, 0.2) is 0 Å². The second-order valence-electron chi connectivity index (χ2n) is 6.65. The van der Waals surface area contributed by atoms with Crippen LogP contribution in [-0.4, -0.2) is 42.0 Å². The van der Waals surface area contributed by atoms with E-state index in [1.54, 1.807) is 4.90 Å². The molecule has 0 radical (unpaired) electrons. The second kappa shape index (κ2) is 7.23. The highest BCUT2D eigenvalue weighted by molar-refractivity contribution is 5.97. The first-order valence-electron chi connectivity index (χ1n) is 8.23. The van der Waals surface area contributed by atoms with E-state index in [-0.39, 0.29) is 29.7 Å². The summed E-state index contributed by atoms with van der Waals surface area (Å²) in [7, 11) is 0. The largest absolute Gasteiger partial charge is 0.342 e. The standard InChI is InChI=1S/C16H27FN2O2/c1-11(2)13-16(21)19(10-6-9-17)14(15(20)18-13)12-7-4-3-5-8-12/h11-14H,3-10H2,1-2H3,(H,18,20). The number of rotatable bonds is 5. The van der Waals surface area contributed by atoms with Gasteiger partial charge in [0.1, 0.15) is 12.1 Å². The Morgan fingerprint density at radius 1 is 1.24 bits per heavy atom. The minimum Gasteiger partial charge on any atom is -0.342 e. The highest BCUT2D eigenvalue weighted by atomic mass is 19.1. The van der Waals surface area contributed by atoms with E-state index < -0.39 is 12.7 Å². The molecular weight excluding hydrogens is 271 g/mol. The molecule has 2 fully saturated rings. The molecule has 0 bridgehead atoms. The maximum Gasteiger partial charge on any atom is 0.246 e. The van der Waals surface area contributed by atoms with Crippen LogP contribution in [0.5, 0.6) is 0 Å². The zero-order valence-electron chi connectivity index (χ0n) is 13.1. The Morgan fingerprint density at radius 3 is 2.48 bits per heavy atom. The highest BCUT2D eigenvalue weighted by Crippen LogP contribution is 2.31. The van der Waals surface area contributed by atoms with Crippen molar-refractivity contribution in [2.75, 3.05) is 13.2 Å². The van der Waals surface area contributed by atoms with Gasteiger partial charge in [-0.15, -0.1) is 0 Å². The third kappa shape index (κ3) is 3.55. The summed E-state index contributed by atoms with van der Waals surface area (Å²) in [6, 6.07) is -0.851. The van der Waals surface area contributed by atoms with Crippen LogP contribution < -0.4 is 5.32 Å². The number of carbonyl (C=O) groups is 2. The average molecular weight is 298 g/mol. The fourth-order valence-corrected chi connectivity index (χ4v) is 3.61. The summed E-state index contributed by atoms with van der Waals surface area (Å²) in [5.74, 6) is 0.213. The number of halogens is 1. The van der Waals surface area contributed by atoms with Crippen LogP contribution in [0.3, 0.4) is 0 Å². The topological polar surface area (TPSA) is 49.4 Å². The quantitative estimate of drug-likeness (QED) is 0.846. The van der Waals surface area contributed by atoms with Crippen LogP contribution in [0, 0.1) is 11.8 Å². The molecule has 4 nitrogen and oxygen atoms in total. The molecule has 0 aromatic rings. The fraction of sp³-hybridized carbons (Fsp3) is 0.875. The van der Waals surface area contributed by atoms with Gasteiger partial charge in [0.05, 0.1) is 6.67 Å². The van der Waals surface area contributed by atoms with E-state index in [1.165, 1.54) is 6.42 Å². The first kappa shape index (κ1) is 16.2. The molecule has 21 heavy (non-hydrogen) atoms. The fourth-order valence-electron chi connectivity index (χ4n) is 3.61.